The minimum Gasteiger partial charge on any atom is -0.459 e. The number of esters is 1. The molecule has 2 heteroatoms. The van der Waals surface area contributed by atoms with E-state index in [9.17, 15) is 4.79 Å². The largest absolute Gasteiger partial charge is 0.459 e. The van der Waals surface area contributed by atoms with Crippen molar-refractivity contribution in [3.05, 3.63) is 131 Å². The Bertz CT molecular complexity index is 1950. The van der Waals surface area contributed by atoms with Gasteiger partial charge in [0.05, 0.1) is 11.7 Å². The molecular weight excluding hydrogens is 512 g/mol. The van der Waals surface area contributed by atoms with Crippen molar-refractivity contribution < 1.29 is 9.53 Å². The number of fused-ring (bicyclic) bond motifs is 2. The summed E-state index contributed by atoms with van der Waals surface area (Å²) in [5, 5.41) is 4.35. The number of ether oxygens (including phenoxy) is 1. The number of hydrogen-bond acceptors (Lipinski definition) is 2. The van der Waals surface area contributed by atoms with Gasteiger partial charge in [-0.15, -0.1) is 0 Å². The fraction of sp³-hybridized carbons (Fsp3) is 0.175. The van der Waals surface area contributed by atoms with E-state index in [4.69, 9.17) is 4.74 Å². The van der Waals surface area contributed by atoms with Gasteiger partial charge in [0, 0.05) is 5.56 Å². The van der Waals surface area contributed by atoms with E-state index in [1.54, 1.807) is 0 Å². The fourth-order valence-corrected chi connectivity index (χ4v) is 6.30. The summed E-state index contributed by atoms with van der Waals surface area (Å²) in [5.74, 6) is -0.305. The van der Waals surface area contributed by atoms with E-state index in [1.165, 1.54) is 16.7 Å². The third-order valence-corrected chi connectivity index (χ3v) is 7.82. The van der Waals surface area contributed by atoms with Crippen molar-refractivity contribution in [3.8, 4) is 33.4 Å². The van der Waals surface area contributed by atoms with Crippen molar-refractivity contribution >= 4 is 27.5 Å². The zero-order valence-corrected chi connectivity index (χ0v) is 25.2. The van der Waals surface area contributed by atoms with Crippen molar-refractivity contribution in [1.29, 1.82) is 0 Å². The van der Waals surface area contributed by atoms with Gasteiger partial charge in [-0.3, -0.25) is 0 Å². The first-order valence-corrected chi connectivity index (χ1v) is 14.6. The second kappa shape index (κ2) is 10.9. The Morgan fingerprint density at radius 3 is 1.64 bits per heavy atom. The van der Waals surface area contributed by atoms with Gasteiger partial charge in [0.15, 0.2) is 0 Å². The van der Waals surface area contributed by atoms with Crippen LogP contribution in [0.3, 0.4) is 0 Å². The SMILES string of the molecule is Cc1cc(C)cc(-c2cc(-c3c(C(=O)OC(C)C)c(-c4cc(C)cc(C)c4)cc4ccccc34)c3ccccc3c2)c1. The van der Waals surface area contributed by atoms with Crippen LogP contribution in [0, 0.1) is 27.7 Å². The number of hydrogen-bond donors (Lipinski definition) is 0. The molecule has 2 nitrogen and oxygen atoms in total. The summed E-state index contributed by atoms with van der Waals surface area (Å²) in [6.07, 6.45) is -0.248. The molecule has 0 unspecified atom stereocenters. The maximum absolute atomic E-state index is 14.2. The molecule has 0 amide bonds. The number of benzene rings is 6. The third kappa shape index (κ3) is 5.21. The molecule has 0 aliphatic heterocycles. The van der Waals surface area contributed by atoms with Crippen molar-refractivity contribution in [2.24, 2.45) is 0 Å². The van der Waals surface area contributed by atoms with Crippen LogP contribution < -0.4 is 0 Å². The molecule has 208 valence electrons. The summed E-state index contributed by atoms with van der Waals surface area (Å²) in [7, 11) is 0. The van der Waals surface area contributed by atoms with Gasteiger partial charge in [-0.05, 0) is 109 Å². The Morgan fingerprint density at radius 2 is 1.05 bits per heavy atom. The van der Waals surface area contributed by atoms with Gasteiger partial charge in [-0.2, -0.15) is 0 Å². The zero-order chi connectivity index (χ0) is 29.5. The van der Waals surface area contributed by atoms with Crippen LogP contribution in [0.5, 0.6) is 0 Å². The molecule has 0 saturated carbocycles. The number of carbonyl (C=O) groups excluding carboxylic acids is 1. The van der Waals surface area contributed by atoms with E-state index in [1.807, 2.05) is 13.8 Å². The number of rotatable bonds is 5. The summed E-state index contributed by atoms with van der Waals surface area (Å²) >= 11 is 0. The number of carbonyl (C=O) groups is 1. The van der Waals surface area contributed by atoms with Crippen LogP contribution in [0.1, 0.15) is 46.5 Å². The van der Waals surface area contributed by atoms with Gasteiger partial charge in [-0.25, -0.2) is 4.79 Å². The van der Waals surface area contributed by atoms with Crippen LogP contribution in [0.2, 0.25) is 0 Å². The molecule has 6 aromatic rings. The van der Waals surface area contributed by atoms with Crippen molar-refractivity contribution in [3.63, 3.8) is 0 Å². The van der Waals surface area contributed by atoms with Gasteiger partial charge >= 0.3 is 5.97 Å². The van der Waals surface area contributed by atoms with Crippen molar-refractivity contribution in [2.45, 2.75) is 47.6 Å². The van der Waals surface area contributed by atoms with E-state index < -0.39 is 0 Å². The van der Waals surface area contributed by atoms with E-state index in [2.05, 4.69) is 131 Å². The Kier molecular flexibility index (Phi) is 7.16. The predicted octanol–water partition coefficient (Wildman–Crippen LogP) is 10.8. The van der Waals surface area contributed by atoms with Gasteiger partial charge in [0.25, 0.3) is 0 Å². The molecule has 0 aliphatic rings. The second-order valence-electron chi connectivity index (χ2n) is 11.8. The highest BCUT2D eigenvalue weighted by molar-refractivity contribution is 6.17. The van der Waals surface area contributed by atoms with Gasteiger partial charge in [0.1, 0.15) is 0 Å². The Hall–Kier alpha value is -4.69. The van der Waals surface area contributed by atoms with Gasteiger partial charge in [-0.1, -0.05) is 107 Å². The van der Waals surface area contributed by atoms with E-state index in [-0.39, 0.29) is 12.1 Å². The Balaban J connectivity index is 1.79. The van der Waals surface area contributed by atoms with E-state index in [0.29, 0.717) is 5.56 Å². The van der Waals surface area contributed by atoms with Crippen LogP contribution in [0.4, 0.5) is 0 Å². The lowest BCUT2D eigenvalue weighted by molar-refractivity contribution is 0.0380. The van der Waals surface area contributed by atoms with Crippen LogP contribution in [0.25, 0.3) is 54.9 Å². The summed E-state index contributed by atoms with van der Waals surface area (Å²) in [4.78, 5) is 14.2. The standard InChI is InChI=1S/C40H36O2/c1-24(2)42-40(41)39-36(33-19-27(5)16-28(6)20-33)22-30-12-8-10-14-35(30)38(39)37-23-32(21-29-11-7-9-13-34(29)37)31-17-25(3)15-26(4)18-31/h7-24H,1-6H3. The smallest absolute Gasteiger partial charge is 0.339 e. The van der Waals surface area contributed by atoms with Crippen LogP contribution >= 0.6 is 0 Å². The van der Waals surface area contributed by atoms with Gasteiger partial charge in [0.2, 0.25) is 0 Å². The first-order valence-electron chi connectivity index (χ1n) is 14.6. The lowest BCUT2D eigenvalue weighted by atomic mass is 9.83. The second-order valence-corrected chi connectivity index (χ2v) is 11.8. The van der Waals surface area contributed by atoms with E-state index in [0.717, 1.165) is 60.5 Å². The van der Waals surface area contributed by atoms with Crippen molar-refractivity contribution in [2.75, 3.05) is 0 Å². The predicted molar refractivity (Wildman–Crippen MR) is 177 cm³/mol. The summed E-state index contributed by atoms with van der Waals surface area (Å²) in [6, 6.07) is 36.7. The highest BCUT2D eigenvalue weighted by Gasteiger charge is 2.25. The lowest BCUT2D eigenvalue weighted by Crippen LogP contribution is -2.14. The molecule has 0 atom stereocenters. The molecule has 0 N–H and O–H groups in total. The van der Waals surface area contributed by atoms with Crippen LogP contribution in [0.15, 0.2) is 103 Å². The Morgan fingerprint density at radius 1 is 0.548 bits per heavy atom. The molecule has 0 radical (unpaired) electrons. The highest BCUT2D eigenvalue weighted by Crippen LogP contribution is 2.44. The average molecular weight is 549 g/mol. The Labute approximate surface area is 248 Å². The molecule has 6 aromatic carbocycles. The fourth-order valence-electron chi connectivity index (χ4n) is 6.30. The molecule has 6 rings (SSSR count). The van der Waals surface area contributed by atoms with Crippen molar-refractivity contribution in [1.82, 2.24) is 0 Å². The van der Waals surface area contributed by atoms with Crippen LogP contribution in [-0.2, 0) is 4.74 Å². The maximum Gasteiger partial charge on any atom is 0.339 e. The number of aryl methyl sites for hydroxylation is 4. The van der Waals surface area contributed by atoms with E-state index >= 15 is 0 Å². The minimum absolute atomic E-state index is 0.248. The molecule has 0 fully saturated rings. The quantitative estimate of drug-likeness (QED) is 0.200. The van der Waals surface area contributed by atoms with Gasteiger partial charge < -0.3 is 4.74 Å². The third-order valence-electron chi connectivity index (χ3n) is 7.82. The topological polar surface area (TPSA) is 26.3 Å². The molecule has 0 saturated heterocycles. The highest BCUT2D eigenvalue weighted by atomic mass is 16.5. The summed E-state index contributed by atoms with van der Waals surface area (Å²) in [6.45, 7) is 12.3. The zero-order valence-electron chi connectivity index (χ0n) is 25.2. The summed E-state index contributed by atoms with van der Waals surface area (Å²) < 4.78 is 5.99. The lowest BCUT2D eigenvalue weighted by Gasteiger charge is -2.21. The molecule has 0 bridgehead atoms. The molecule has 0 aromatic heterocycles. The normalized spacial score (nSPS) is 11.4. The maximum atomic E-state index is 14.2. The average Bonchev–Trinajstić information content (AvgIpc) is 2.94. The summed E-state index contributed by atoms with van der Waals surface area (Å²) in [5.41, 5.74) is 11.5. The monoisotopic (exact) mass is 548 g/mol. The molecule has 0 heterocycles. The molecular formula is C40H36O2. The first kappa shape index (κ1) is 27.5. The molecule has 0 aliphatic carbocycles. The molecule has 42 heavy (non-hydrogen) atoms. The van der Waals surface area contributed by atoms with Crippen LogP contribution in [-0.4, -0.2) is 12.1 Å². The first-order chi connectivity index (χ1) is 20.2. The molecule has 0 spiro atoms. The minimum atomic E-state index is -0.305.